The summed E-state index contributed by atoms with van der Waals surface area (Å²) in [6.07, 6.45) is -0.450. The van der Waals surface area contributed by atoms with Crippen LogP contribution in [0.3, 0.4) is 0 Å². The topological polar surface area (TPSA) is 75.8 Å². The highest BCUT2D eigenvalue weighted by Gasteiger charge is 2.17. The van der Waals surface area contributed by atoms with E-state index in [1.54, 1.807) is 14.2 Å². The van der Waals surface area contributed by atoms with E-state index in [1.165, 1.54) is 4.90 Å². The summed E-state index contributed by atoms with van der Waals surface area (Å²) in [5.74, 6) is 0.458. The Bertz CT molecular complexity index is 435. The van der Waals surface area contributed by atoms with Crippen molar-refractivity contribution in [1.82, 2.24) is 4.90 Å². The molecule has 0 spiro atoms. The molecule has 3 N–H and O–H groups in total. The summed E-state index contributed by atoms with van der Waals surface area (Å²) < 4.78 is 5.29. The van der Waals surface area contributed by atoms with Crippen LogP contribution in [0, 0.1) is 6.92 Å². The number of amides is 1. The number of aliphatic hydroxyl groups is 1. The molecule has 1 unspecified atom stereocenters. The molecule has 0 bridgehead atoms. The zero-order valence-electron chi connectivity index (χ0n) is 11.7. The molecule has 19 heavy (non-hydrogen) atoms. The number of rotatable bonds is 6. The van der Waals surface area contributed by atoms with Gasteiger partial charge >= 0.3 is 0 Å². The number of aliphatic hydroxyl groups excluding tert-OH is 1. The molecule has 0 radical (unpaired) electrons. The summed E-state index contributed by atoms with van der Waals surface area (Å²) >= 11 is 0. The molecule has 0 saturated carbocycles. The number of nitrogens with two attached hydrogens (primary N) is 1. The predicted molar refractivity (Wildman–Crippen MR) is 74.1 cm³/mol. The predicted octanol–water partition coefficient (Wildman–Crippen LogP) is 0.324. The first-order chi connectivity index (χ1) is 8.99. The molecular formula is C14H22N2O3. The van der Waals surface area contributed by atoms with Gasteiger partial charge < -0.3 is 20.5 Å². The quantitative estimate of drug-likeness (QED) is 0.777. The van der Waals surface area contributed by atoms with Crippen molar-refractivity contribution in [1.29, 1.82) is 0 Å². The number of benzene rings is 1. The average Bonchev–Trinajstić information content (AvgIpc) is 2.43. The molecule has 5 nitrogen and oxygen atoms in total. The number of likely N-dealkylation sites (N-methyl/N-ethyl adjacent to an activating group) is 1. The first-order valence-corrected chi connectivity index (χ1v) is 6.26. The molecule has 0 fully saturated rings. The summed E-state index contributed by atoms with van der Waals surface area (Å²) in [7, 11) is 3.28. The highest BCUT2D eigenvalue weighted by atomic mass is 16.5. The van der Waals surface area contributed by atoms with Crippen LogP contribution in [0.15, 0.2) is 18.2 Å². The second-order valence-corrected chi connectivity index (χ2v) is 4.58. The van der Waals surface area contributed by atoms with Crippen molar-refractivity contribution in [3.8, 4) is 5.75 Å². The van der Waals surface area contributed by atoms with Crippen LogP contribution in [-0.4, -0.2) is 49.3 Å². The Kier molecular flexibility index (Phi) is 5.79. The lowest BCUT2D eigenvalue weighted by molar-refractivity contribution is -0.138. The lowest BCUT2D eigenvalue weighted by atomic mass is 10.1. The van der Waals surface area contributed by atoms with Gasteiger partial charge in [-0.3, -0.25) is 4.79 Å². The van der Waals surface area contributed by atoms with Crippen molar-refractivity contribution in [3.63, 3.8) is 0 Å². The van der Waals surface area contributed by atoms with Gasteiger partial charge in [-0.05, 0) is 25.0 Å². The summed E-state index contributed by atoms with van der Waals surface area (Å²) in [5.41, 5.74) is 7.46. The average molecular weight is 266 g/mol. The van der Waals surface area contributed by atoms with Gasteiger partial charge in [0, 0.05) is 20.1 Å². The van der Waals surface area contributed by atoms with Gasteiger partial charge in [-0.25, -0.2) is 0 Å². The van der Waals surface area contributed by atoms with Crippen molar-refractivity contribution >= 4 is 5.91 Å². The Labute approximate surface area is 114 Å². The van der Waals surface area contributed by atoms with Gasteiger partial charge in [0.15, 0.2) is 0 Å². The normalized spacial score (nSPS) is 12.1. The molecule has 5 heteroatoms. The van der Waals surface area contributed by atoms with Crippen molar-refractivity contribution in [2.75, 3.05) is 27.2 Å². The van der Waals surface area contributed by atoms with E-state index in [0.717, 1.165) is 16.9 Å². The second-order valence-electron chi connectivity index (χ2n) is 4.58. The molecule has 0 saturated heterocycles. The molecule has 0 aliphatic carbocycles. The maximum Gasteiger partial charge on any atom is 0.252 e. The van der Waals surface area contributed by atoms with E-state index in [9.17, 15) is 9.90 Å². The van der Waals surface area contributed by atoms with Gasteiger partial charge in [0.2, 0.25) is 0 Å². The van der Waals surface area contributed by atoms with Crippen LogP contribution in [0.2, 0.25) is 0 Å². The van der Waals surface area contributed by atoms with Crippen LogP contribution in [0.1, 0.15) is 11.1 Å². The van der Waals surface area contributed by atoms with Gasteiger partial charge in [-0.1, -0.05) is 17.7 Å². The van der Waals surface area contributed by atoms with Gasteiger partial charge in [0.25, 0.3) is 5.91 Å². The second kappa shape index (κ2) is 7.11. The first-order valence-electron chi connectivity index (χ1n) is 6.26. The molecule has 0 aliphatic rings. The molecule has 1 aromatic carbocycles. The van der Waals surface area contributed by atoms with E-state index in [-0.39, 0.29) is 12.5 Å². The standard InChI is InChI=1S/C14H22N2O3/c1-10-4-5-13(19-3)11(8-10)6-7-16(2)14(18)12(17)9-15/h4-5,8,12,17H,6-7,9,15H2,1-3H3. The van der Waals surface area contributed by atoms with Crippen LogP contribution < -0.4 is 10.5 Å². The Balaban J connectivity index is 2.66. The number of ether oxygens (including phenoxy) is 1. The fourth-order valence-electron chi connectivity index (χ4n) is 1.86. The number of carbonyl (C=O) groups is 1. The lowest BCUT2D eigenvalue weighted by Gasteiger charge is -2.20. The summed E-state index contributed by atoms with van der Waals surface area (Å²) in [6, 6.07) is 5.94. The number of hydrogen-bond donors (Lipinski definition) is 2. The van der Waals surface area contributed by atoms with Gasteiger partial charge in [-0.15, -0.1) is 0 Å². The Morgan fingerprint density at radius 2 is 2.21 bits per heavy atom. The Morgan fingerprint density at radius 1 is 1.53 bits per heavy atom. The molecule has 106 valence electrons. The highest BCUT2D eigenvalue weighted by Crippen LogP contribution is 2.20. The van der Waals surface area contributed by atoms with E-state index in [1.807, 2.05) is 25.1 Å². The molecule has 1 amide bonds. The third-order valence-electron chi connectivity index (χ3n) is 3.04. The Hall–Kier alpha value is -1.59. The lowest BCUT2D eigenvalue weighted by Crippen LogP contribution is -2.41. The third kappa shape index (κ3) is 4.22. The van der Waals surface area contributed by atoms with Crippen LogP contribution in [0.4, 0.5) is 0 Å². The van der Waals surface area contributed by atoms with Crippen LogP contribution in [0.5, 0.6) is 5.75 Å². The van der Waals surface area contributed by atoms with E-state index < -0.39 is 6.10 Å². The Morgan fingerprint density at radius 3 is 2.79 bits per heavy atom. The van der Waals surface area contributed by atoms with Crippen molar-refractivity contribution < 1.29 is 14.6 Å². The zero-order chi connectivity index (χ0) is 14.4. The number of carbonyl (C=O) groups excluding carboxylic acids is 1. The fraction of sp³-hybridized carbons (Fsp3) is 0.500. The van der Waals surface area contributed by atoms with Crippen molar-refractivity contribution in [2.45, 2.75) is 19.4 Å². The largest absolute Gasteiger partial charge is 0.496 e. The number of methoxy groups -OCH3 is 1. The van der Waals surface area contributed by atoms with Crippen LogP contribution in [-0.2, 0) is 11.2 Å². The number of nitrogens with zero attached hydrogens (tertiary/aromatic N) is 1. The van der Waals surface area contributed by atoms with Crippen molar-refractivity contribution in [3.05, 3.63) is 29.3 Å². The minimum absolute atomic E-state index is 0.0586. The SMILES string of the molecule is COc1ccc(C)cc1CCN(C)C(=O)C(O)CN. The fourth-order valence-corrected chi connectivity index (χ4v) is 1.86. The maximum absolute atomic E-state index is 11.7. The molecule has 0 aliphatic heterocycles. The number of aryl methyl sites for hydroxylation is 1. The molecule has 0 aromatic heterocycles. The van der Waals surface area contributed by atoms with E-state index in [0.29, 0.717) is 13.0 Å². The summed E-state index contributed by atoms with van der Waals surface area (Å²) in [6.45, 7) is 2.46. The molecular weight excluding hydrogens is 244 g/mol. The molecule has 1 rings (SSSR count). The minimum atomic E-state index is -1.12. The van der Waals surface area contributed by atoms with E-state index in [4.69, 9.17) is 10.5 Å². The summed E-state index contributed by atoms with van der Waals surface area (Å²) in [4.78, 5) is 13.2. The monoisotopic (exact) mass is 266 g/mol. The first kappa shape index (κ1) is 15.5. The van der Waals surface area contributed by atoms with Gasteiger partial charge in [-0.2, -0.15) is 0 Å². The summed E-state index contributed by atoms with van der Waals surface area (Å²) in [5, 5.41) is 9.40. The third-order valence-corrected chi connectivity index (χ3v) is 3.04. The maximum atomic E-state index is 11.7. The minimum Gasteiger partial charge on any atom is -0.496 e. The number of hydrogen-bond acceptors (Lipinski definition) is 4. The highest BCUT2D eigenvalue weighted by molar-refractivity contribution is 5.80. The molecule has 1 atom stereocenters. The van der Waals surface area contributed by atoms with Crippen LogP contribution in [0.25, 0.3) is 0 Å². The smallest absolute Gasteiger partial charge is 0.252 e. The van der Waals surface area contributed by atoms with E-state index >= 15 is 0 Å². The van der Waals surface area contributed by atoms with Gasteiger partial charge in [0.1, 0.15) is 11.9 Å². The molecule has 1 aromatic rings. The zero-order valence-corrected chi connectivity index (χ0v) is 11.7. The van der Waals surface area contributed by atoms with Crippen molar-refractivity contribution in [2.24, 2.45) is 5.73 Å². The van der Waals surface area contributed by atoms with E-state index in [2.05, 4.69) is 0 Å². The van der Waals surface area contributed by atoms with Crippen LogP contribution >= 0.6 is 0 Å². The molecule has 0 heterocycles. The van der Waals surface area contributed by atoms with Gasteiger partial charge in [0.05, 0.1) is 7.11 Å².